The molecule has 0 aromatic heterocycles. The van der Waals surface area contributed by atoms with Crippen molar-refractivity contribution in [3.63, 3.8) is 0 Å². The van der Waals surface area contributed by atoms with Gasteiger partial charge in [-0.25, -0.2) is 0 Å². The van der Waals surface area contributed by atoms with Crippen LogP contribution in [-0.4, -0.2) is 42.9 Å². The van der Waals surface area contributed by atoms with Crippen LogP contribution in [-0.2, 0) is 9.47 Å². The quantitative estimate of drug-likeness (QED) is 0.500. The van der Waals surface area contributed by atoms with Crippen molar-refractivity contribution in [2.75, 3.05) is 26.9 Å². The van der Waals surface area contributed by atoms with Gasteiger partial charge in [0.05, 0.1) is 13.2 Å². The van der Waals surface area contributed by atoms with Crippen molar-refractivity contribution in [3.05, 3.63) is 0 Å². The Hall–Kier alpha value is -0.160. The molecule has 188 valence electrons. The van der Waals surface area contributed by atoms with Crippen LogP contribution in [0.2, 0.25) is 0 Å². The average molecular weight is 453 g/mol. The normalized spacial score (nSPS) is 43.8. The summed E-state index contributed by atoms with van der Waals surface area (Å²) in [4.78, 5) is 0. The third-order valence-corrected chi connectivity index (χ3v) is 10.6. The Labute approximate surface area is 197 Å². The van der Waals surface area contributed by atoms with E-state index in [0.29, 0.717) is 17.4 Å². The highest BCUT2D eigenvalue weighted by Crippen LogP contribution is 2.68. The van der Waals surface area contributed by atoms with Gasteiger partial charge in [0.2, 0.25) is 0 Å². The molecule has 0 aromatic carbocycles. The van der Waals surface area contributed by atoms with E-state index in [4.69, 9.17) is 14.6 Å². The fraction of sp³-hybridized carbons (Fsp3) is 1.00. The highest BCUT2D eigenvalue weighted by atomic mass is 16.7. The molecule has 1 spiro atoms. The summed E-state index contributed by atoms with van der Waals surface area (Å²) in [6.45, 7) is 11.3. The van der Waals surface area contributed by atoms with E-state index in [-0.39, 0.29) is 5.79 Å². The van der Waals surface area contributed by atoms with E-state index in [9.17, 15) is 5.11 Å². The van der Waals surface area contributed by atoms with Gasteiger partial charge in [-0.1, -0.05) is 34.1 Å². The van der Waals surface area contributed by atoms with Gasteiger partial charge >= 0.3 is 0 Å². The van der Waals surface area contributed by atoms with Crippen LogP contribution in [0.1, 0.15) is 105 Å². The lowest BCUT2D eigenvalue weighted by molar-refractivity contribution is -0.229. The van der Waals surface area contributed by atoms with E-state index in [2.05, 4.69) is 13.8 Å². The minimum atomic E-state index is -0.217. The van der Waals surface area contributed by atoms with E-state index in [0.717, 1.165) is 69.2 Å². The standard InChI is InChI=1S/C25H42O3.C2H6.CH4O/c1-23-11-10-22-20(21(23)9-7-18(23)5-3-4-14-26)8-6-19-17-25(27-15-16-28-25)13-12-24(19,22)2;2*1-2/h18-22,26H,3-17H2,1-2H3;1-2H3;2H,1H3/t18?,19-,20?,21?,22?,23?,24?;;/m0../s1. The zero-order valence-corrected chi connectivity index (χ0v) is 21.7. The molecule has 5 rings (SSSR count). The van der Waals surface area contributed by atoms with Crippen LogP contribution in [0.25, 0.3) is 0 Å². The highest BCUT2D eigenvalue weighted by molar-refractivity contribution is 5.10. The molecular formula is C28H52O4. The lowest BCUT2D eigenvalue weighted by atomic mass is 9.44. The number of hydrogen-bond donors (Lipinski definition) is 2. The van der Waals surface area contributed by atoms with Crippen LogP contribution in [0.15, 0.2) is 0 Å². The molecule has 4 aliphatic carbocycles. The van der Waals surface area contributed by atoms with Crippen LogP contribution in [0.4, 0.5) is 0 Å². The smallest absolute Gasteiger partial charge is 0.168 e. The zero-order valence-electron chi connectivity index (χ0n) is 21.7. The molecule has 32 heavy (non-hydrogen) atoms. The van der Waals surface area contributed by atoms with Crippen LogP contribution < -0.4 is 0 Å². The van der Waals surface area contributed by atoms with Gasteiger partial charge in [-0.15, -0.1) is 0 Å². The molecule has 0 amide bonds. The van der Waals surface area contributed by atoms with Gasteiger partial charge in [0.15, 0.2) is 5.79 Å². The second kappa shape index (κ2) is 11.1. The maximum absolute atomic E-state index is 9.19. The number of ether oxygens (including phenoxy) is 2. The fourth-order valence-corrected chi connectivity index (χ4v) is 9.04. The molecule has 0 radical (unpaired) electrons. The van der Waals surface area contributed by atoms with Crippen LogP contribution in [0.3, 0.4) is 0 Å². The first kappa shape index (κ1) is 26.4. The number of fused-ring (bicyclic) bond motifs is 5. The zero-order chi connectivity index (χ0) is 23.4. The van der Waals surface area contributed by atoms with Crippen molar-refractivity contribution < 1.29 is 19.7 Å². The largest absolute Gasteiger partial charge is 0.400 e. The van der Waals surface area contributed by atoms with Crippen molar-refractivity contribution in [1.29, 1.82) is 0 Å². The summed E-state index contributed by atoms with van der Waals surface area (Å²) in [5, 5.41) is 16.2. The molecule has 5 fully saturated rings. The summed E-state index contributed by atoms with van der Waals surface area (Å²) in [5.74, 6) is 4.34. The topological polar surface area (TPSA) is 58.9 Å². The number of unbranched alkanes of at least 4 members (excludes halogenated alkanes) is 1. The molecule has 1 aliphatic heterocycles. The Kier molecular flexibility index (Phi) is 9.14. The molecule has 4 nitrogen and oxygen atoms in total. The first-order valence-electron chi connectivity index (χ1n) is 13.8. The van der Waals surface area contributed by atoms with Crippen molar-refractivity contribution in [3.8, 4) is 0 Å². The maximum atomic E-state index is 9.19. The molecule has 4 heteroatoms. The molecular weight excluding hydrogens is 400 g/mol. The van der Waals surface area contributed by atoms with Crippen molar-refractivity contribution in [1.82, 2.24) is 0 Å². The second-order valence-corrected chi connectivity index (χ2v) is 11.5. The van der Waals surface area contributed by atoms with Crippen molar-refractivity contribution in [2.24, 2.45) is 40.4 Å². The van der Waals surface area contributed by atoms with E-state index in [1.807, 2.05) is 13.8 Å². The fourth-order valence-electron chi connectivity index (χ4n) is 9.04. The van der Waals surface area contributed by atoms with Crippen LogP contribution >= 0.6 is 0 Å². The Balaban J connectivity index is 0.000000686. The number of rotatable bonds is 4. The lowest BCUT2D eigenvalue weighted by Crippen LogP contribution is -2.56. The Bertz CT molecular complexity index is 574. The molecule has 1 saturated heterocycles. The molecule has 7 atom stereocenters. The predicted molar refractivity (Wildman–Crippen MR) is 130 cm³/mol. The number of aliphatic hydroxyl groups excluding tert-OH is 2. The van der Waals surface area contributed by atoms with Crippen molar-refractivity contribution in [2.45, 2.75) is 111 Å². The molecule has 1 heterocycles. The van der Waals surface area contributed by atoms with Gasteiger partial charge < -0.3 is 19.7 Å². The Morgan fingerprint density at radius 3 is 2.16 bits per heavy atom. The third kappa shape index (κ3) is 4.55. The van der Waals surface area contributed by atoms with E-state index < -0.39 is 0 Å². The summed E-state index contributed by atoms with van der Waals surface area (Å²) < 4.78 is 12.2. The lowest BCUT2D eigenvalue weighted by Gasteiger charge is -2.62. The molecule has 0 aromatic rings. The first-order valence-corrected chi connectivity index (χ1v) is 13.8. The molecule has 6 unspecified atom stereocenters. The minimum Gasteiger partial charge on any atom is -0.400 e. The van der Waals surface area contributed by atoms with Gasteiger partial charge in [0, 0.05) is 26.6 Å². The predicted octanol–water partition coefficient (Wildman–Crippen LogP) is 6.19. The third-order valence-electron chi connectivity index (χ3n) is 10.6. The van der Waals surface area contributed by atoms with Crippen LogP contribution in [0, 0.1) is 40.4 Å². The summed E-state index contributed by atoms with van der Waals surface area (Å²) in [5.41, 5.74) is 1.09. The summed E-state index contributed by atoms with van der Waals surface area (Å²) in [7, 11) is 1.00. The number of hydrogen-bond acceptors (Lipinski definition) is 4. The van der Waals surface area contributed by atoms with Gasteiger partial charge in [-0.05, 0) is 98.2 Å². The van der Waals surface area contributed by atoms with Gasteiger partial charge in [-0.3, -0.25) is 0 Å². The van der Waals surface area contributed by atoms with Crippen LogP contribution in [0.5, 0.6) is 0 Å². The monoisotopic (exact) mass is 452 g/mol. The van der Waals surface area contributed by atoms with E-state index in [1.54, 1.807) is 0 Å². The van der Waals surface area contributed by atoms with Crippen molar-refractivity contribution >= 4 is 0 Å². The second-order valence-electron chi connectivity index (χ2n) is 11.5. The number of aliphatic hydroxyl groups is 2. The highest BCUT2D eigenvalue weighted by Gasteiger charge is 2.61. The summed E-state index contributed by atoms with van der Waals surface area (Å²) in [6.07, 6.45) is 15.8. The SMILES string of the molecule is CC.CC12CCC3C(CC[C@H]4CC5(CCC34C)OCCO5)C1CCC2CCCCO.CO. The van der Waals surface area contributed by atoms with Gasteiger partial charge in [0.25, 0.3) is 0 Å². The molecule has 4 saturated carbocycles. The van der Waals surface area contributed by atoms with E-state index >= 15 is 0 Å². The molecule has 2 N–H and O–H groups in total. The van der Waals surface area contributed by atoms with Gasteiger partial charge in [0.1, 0.15) is 0 Å². The van der Waals surface area contributed by atoms with E-state index in [1.165, 1.54) is 57.8 Å². The minimum absolute atomic E-state index is 0.217. The first-order chi connectivity index (χ1) is 15.5. The average Bonchev–Trinajstić information content (AvgIpc) is 3.42. The molecule has 0 bridgehead atoms. The maximum Gasteiger partial charge on any atom is 0.168 e. The Morgan fingerprint density at radius 1 is 0.781 bits per heavy atom. The summed E-state index contributed by atoms with van der Waals surface area (Å²) >= 11 is 0. The molecule has 5 aliphatic rings. The van der Waals surface area contributed by atoms with Gasteiger partial charge in [-0.2, -0.15) is 0 Å². The summed E-state index contributed by atoms with van der Waals surface area (Å²) in [6, 6.07) is 0. The Morgan fingerprint density at radius 2 is 1.47 bits per heavy atom.